The Bertz CT molecular complexity index is 681. The number of para-hydroxylation sites is 1. The van der Waals surface area contributed by atoms with Crippen LogP contribution in [0.25, 0.3) is 0 Å². The molecular formula is C19H23N5O. The molecule has 0 spiro atoms. The van der Waals surface area contributed by atoms with E-state index in [1.807, 2.05) is 18.2 Å². The number of carbonyl (C=O) groups excluding carboxylic acids is 1. The smallest absolute Gasteiger partial charge is 0.241 e. The highest BCUT2D eigenvalue weighted by Crippen LogP contribution is 2.15. The summed E-state index contributed by atoms with van der Waals surface area (Å²) in [7, 11) is 0. The summed E-state index contributed by atoms with van der Waals surface area (Å²) < 4.78 is 0. The van der Waals surface area contributed by atoms with Crippen LogP contribution in [-0.2, 0) is 4.79 Å². The first-order valence-electron chi connectivity index (χ1n) is 8.55. The number of hydrazone groups is 1. The molecule has 130 valence electrons. The van der Waals surface area contributed by atoms with Crippen LogP contribution in [0.5, 0.6) is 0 Å². The van der Waals surface area contributed by atoms with Crippen molar-refractivity contribution in [2.45, 2.75) is 6.42 Å². The number of hydrogen-bond donors (Lipinski definition) is 1. The Morgan fingerprint density at radius 2 is 1.80 bits per heavy atom. The molecular weight excluding hydrogens is 314 g/mol. The van der Waals surface area contributed by atoms with E-state index in [4.69, 9.17) is 0 Å². The summed E-state index contributed by atoms with van der Waals surface area (Å²) in [6.07, 6.45) is 5.47. The standard InChI is InChI=1S/C19H23N5O/c25-19(22-21-16-17-6-9-20-10-7-17)8-11-23-12-14-24(15-13-23)18-4-2-1-3-5-18/h1-7,9-10,16H,8,11-15H2,(H,22,25). The third kappa shape index (κ3) is 5.39. The summed E-state index contributed by atoms with van der Waals surface area (Å²) in [6, 6.07) is 14.1. The van der Waals surface area contributed by atoms with E-state index in [2.05, 4.69) is 49.6 Å². The van der Waals surface area contributed by atoms with Gasteiger partial charge in [-0.05, 0) is 29.8 Å². The van der Waals surface area contributed by atoms with E-state index in [1.54, 1.807) is 18.6 Å². The van der Waals surface area contributed by atoms with E-state index >= 15 is 0 Å². The molecule has 1 N–H and O–H groups in total. The Morgan fingerprint density at radius 1 is 1.08 bits per heavy atom. The number of hydrogen-bond acceptors (Lipinski definition) is 5. The fourth-order valence-electron chi connectivity index (χ4n) is 2.81. The molecule has 0 radical (unpaired) electrons. The van der Waals surface area contributed by atoms with Gasteiger partial charge in [-0.2, -0.15) is 5.10 Å². The van der Waals surface area contributed by atoms with Gasteiger partial charge in [-0.15, -0.1) is 0 Å². The first-order chi connectivity index (χ1) is 12.3. The monoisotopic (exact) mass is 337 g/mol. The number of nitrogens with zero attached hydrogens (tertiary/aromatic N) is 4. The fraction of sp³-hybridized carbons (Fsp3) is 0.316. The highest BCUT2D eigenvalue weighted by atomic mass is 16.2. The third-order valence-corrected chi connectivity index (χ3v) is 4.26. The van der Waals surface area contributed by atoms with Crippen LogP contribution in [0.1, 0.15) is 12.0 Å². The molecule has 3 rings (SSSR count). The molecule has 0 saturated carbocycles. The van der Waals surface area contributed by atoms with Crippen molar-refractivity contribution in [1.82, 2.24) is 15.3 Å². The number of aromatic nitrogens is 1. The highest BCUT2D eigenvalue weighted by Gasteiger charge is 2.17. The summed E-state index contributed by atoms with van der Waals surface area (Å²) >= 11 is 0. The van der Waals surface area contributed by atoms with Gasteiger partial charge in [0.2, 0.25) is 5.91 Å². The van der Waals surface area contributed by atoms with Crippen LogP contribution >= 0.6 is 0 Å². The van der Waals surface area contributed by atoms with E-state index in [9.17, 15) is 4.79 Å². The molecule has 1 fully saturated rings. The normalized spacial score (nSPS) is 15.4. The molecule has 0 atom stereocenters. The van der Waals surface area contributed by atoms with E-state index in [0.717, 1.165) is 38.3 Å². The zero-order valence-electron chi connectivity index (χ0n) is 14.2. The van der Waals surface area contributed by atoms with Crippen LogP contribution in [0.2, 0.25) is 0 Å². The SMILES string of the molecule is O=C(CCN1CCN(c2ccccc2)CC1)NN=Cc1ccncc1. The summed E-state index contributed by atoms with van der Waals surface area (Å²) in [5, 5.41) is 3.98. The van der Waals surface area contributed by atoms with Gasteiger partial charge in [0, 0.05) is 57.2 Å². The van der Waals surface area contributed by atoms with E-state index in [0.29, 0.717) is 6.42 Å². The molecule has 1 saturated heterocycles. The number of anilines is 1. The van der Waals surface area contributed by atoms with Gasteiger partial charge in [-0.1, -0.05) is 18.2 Å². The van der Waals surface area contributed by atoms with Gasteiger partial charge in [0.15, 0.2) is 0 Å². The molecule has 1 aromatic heterocycles. The largest absolute Gasteiger partial charge is 0.369 e. The fourth-order valence-corrected chi connectivity index (χ4v) is 2.81. The van der Waals surface area contributed by atoms with Crippen LogP contribution in [-0.4, -0.2) is 54.7 Å². The third-order valence-electron chi connectivity index (χ3n) is 4.26. The molecule has 2 aromatic rings. The van der Waals surface area contributed by atoms with Crippen LogP contribution < -0.4 is 10.3 Å². The summed E-state index contributed by atoms with van der Waals surface area (Å²) in [5.41, 5.74) is 4.76. The maximum atomic E-state index is 11.9. The molecule has 0 bridgehead atoms. The Morgan fingerprint density at radius 3 is 2.52 bits per heavy atom. The van der Waals surface area contributed by atoms with Crippen molar-refractivity contribution in [3.05, 3.63) is 60.4 Å². The van der Waals surface area contributed by atoms with Crippen molar-refractivity contribution in [1.29, 1.82) is 0 Å². The number of amides is 1. The summed E-state index contributed by atoms with van der Waals surface area (Å²) in [6.45, 7) is 4.70. The Labute approximate surface area is 148 Å². The average Bonchev–Trinajstić information content (AvgIpc) is 2.68. The van der Waals surface area contributed by atoms with E-state index in [1.165, 1.54) is 5.69 Å². The van der Waals surface area contributed by atoms with Gasteiger partial charge < -0.3 is 4.90 Å². The zero-order chi connectivity index (χ0) is 17.3. The number of nitrogens with one attached hydrogen (secondary N) is 1. The molecule has 6 heteroatoms. The van der Waals surface area contributed by atoms with Crippen LogP contribution in [0.3, 0.4) is 0 Å². The second kappa shape index (κ2) is 8.94. The van der Waals surface area contributed by atoms with Gasteiger partial charge in [0.25, 0.3) is 0 Å². The van der Waals surface area contributed by atoms with Crippen molar-refractivity contribution >= 4 is 17.8 Å². The van der Waals surface area contributed by atoms with Crippen molar-refractivity contribution in [2.75, 3.05) is 37.6 Å². The van der Waals surface area contributed by atoms with Crippen molar-refractivity contribution < 1.29 is 4.79 Å². The number of piperazine rings is 1. The second-order valence-electron chi connectivity index (χ2n) is 5.99. The number of carbonyl (C=O) groups is 1. The molecule has 0 aliphatic carbocycles. The maximum absolute atomic E-state index is 11.9. The lowest BCUT2D eigenvalue weighted by molar-refractivity contribution is -0.121. The predicted molar refractivity (Wildman–Crippen MR) is 99.7 cm³/mol. The number of rotatable bonds is 6. The molecule has 6 nitrogen and oxygen atoms in total. The molecule has 1 aliphatic rings. The second-order valence-corrected chi connectivity index (χ2v) is 5.99. The average molecular weight is 337 g/mol. The molecule has 0 unspecified atom stereocenters. The van der Waals surface area contributed by atoms with Crippen molar-refractivity contribution in [2.24, 2.45) is 5.10 Å². The molecule has 1 aliphatic heterocycles. The molecule has 1 aromatic carbocycles. The van der Waals surface area contributed by atoms with Gasteiger partial charge in [-0.3, -0.25) is 14.7 Å². The van der Waals surface area contributed by atoms with Crippen molar-refractivity contribution in [3.63, 3.8) is 0 Å². The van der Waals surface area contributed by atoms with E-state index < -0.39 is 0 Å². The number of benzene rings is 1. The minimum absolute atomic E-state index is 0.0594. The van der Waals surface area contributed by atoms with Gasteiger partial charge >= 0.3 is 0 Å². The minimum Gasteiger partial charge on any atom is -0.369 e. The van der Waals surface area contributed by atoms with Crippen LogP contribution in [0, 0.1) is 0 Å². The molecule has 1 amide bonds. The highest BCUT2D eigenvalue weighted by molar-refractivity contribution is 5.82. The van der Waals surface area contributed by atoms with Crippen LogP contribution in [0.15, 0.2) is 60.0 Å². The first kappa shape index (κ1) is 17.1. The Hall–Kier alpha value is -2.73. The minimum atomic E-state index is -0.0594. The van der Waals surface area contributed by atoms with Gasteiger partial charge in [-0.25, -0.2) is 5.43 Å². The summed E-state index contributed by atoms with van der Waals surface area (Å²) in [4.78, 5) is 20.5. The zero-order valence-corrected chi connectivity index (χ0v) is 14.2. The molecule has 25 heavy (non-hydrogen) atoms. The first-order valence-corrected chi connectivity index (χ1v) is 8.55. The quantitative estimate of drug-likeness (QED) is 0.644. The van der Waals surface area contributed by atoms with E-state index in [-0.39, 0.29) is 5.91 Å². The van der Waals surface area contributed by atoms with Crippen LogP contribution in [0.4, 0.5) is 5.69 Å². The van der Waals surface area contributed by atoms with Crippen molar-refractivity contribution in [3.8, 4) is 0 Å². The Kier molecular flexibility index (Phi) is 6.11. The maximum Gasteiger partial charge on any atom is 0.241 e. The lowest BCUT2D eigenvalue weighted by atomic mass is 10.2. The van der Waals surface area contributed by atoms with Gasteiger partial charge in [0.05, 0.1) is 6.21 Å². The lowest BCUT2D eigenvalue weighted by Crippen LogP contribution is -2.47. The lowest BCUT2D eigenvalue weighted by Gasteiger charge is -2.36. The molecule has 2 heterocycles. The number of pyridine rings is 1. The predicted octanol–water partition coefficient (Wildman–Crippen LogP) is 1.74. The topological polar surface area (TPSA) is 60.8 Å². The Balaban J connectivity index is 1.35. The summed E-state index contributed by atoms with van der Waals surface area (Å²) in [5.74, 6) is -0.0594. The van der Waals surface area contributed by atoms with Gasteiger partial charge in [0.1, 0.15) is 0 Å².